The van der Waals surface area contributed by atoms with Crippen LogP contribution >= 0.6 is 0 Å². The molecule has 10 heavy (non-hydrogen) atoms. The lowest BCUT2D eigenvalue weighted by atomic mass is 9.98. The Morgan fingerprint density at radius 2 is 2.00 bits per heavy atom. The van der Waals surface area contributed by atoms with Gasteiger partial charge in [-0.1, -0.05) is 13.8 Å². The molecule has 0 aromatic carbocycles. The summed E-state index contributed by atoms with van der Waals surface area (Å²) in [7, 11) is 0. The van der Waals surface area contributed by atoms with E-state index in [1.165, 1.54) is 13.8 Å². The molecule has 0 fully saturated rings. The van der Waals surface area contributed by atoms with Gasteiger partial charge >= 0.3 is 0 Å². The first kappa shape index (κ1) is 9.82. The number of alkyl halides is 2. The van der Waals surface area contributed by atoms with E-state index in [2.05, 4.69) is 0 Å². The van der Waals surface area contributed by atoms with Crippen LogP contribution in [0.1, 0.15) is 26.7 Å². The Labute approximate surface area is 60.1 Å². The SMILES string of the molecule is CCC(F)(F)[C@H](C)CCO. The molecule has 1 N–H and O–H groups in total. The number of hydrogen-bond donors (Lipinski definition) is 1. The van der Waals surface area contributed by atoms with Crippen LogP contribution in [0.4, 0.5) is 8.78 Å². The molecule has 0 spiro atoms. The van der Waals surface area contributed by atoms with E-state index >= 15 is 0 Å². The van der Waals surface area contributed by atoms with Crippen LogP contribution in [-0.2, 0) is 0 Å². The van der Waals surface area contributed by atoms with Crippen LogP contribution in [-0.4, -0.2) is 17.6 Å². The fourth-order valence-electron chi connectivity index (χ4n) is 0.753. The lowest BCUT2D eigenvalue weighted by Gasteiger charge is -2.20. The normalized spacial score (nSPS) is 15.3. The van der Waals surface area contributed by atoms with E-state index in [9.17, 15) is 8.78 Å². The van der Waals surface area contributed by atoms with E-state index in [0.29, 0.717) is 0 Å². The van der Waals surface area contributed by atoms with Crippen LogP contribution in [0.5, 0.6) is 0 Å². The second kappa shape index (κ2) is 3.86. The molecule has 0 amide bonds. The molecule has 0 radical (unpaired) electrons. The van der Waals surface area contributed by atoms with Gasteiger partial charge in [-0.25, -0.2) is 8.78 Å². The molecule has 0 saturated carbocycles. The van der Waals surface area contributed by atoms with Crippen LogP contribution in [0, 0.1) is 5.92 Å². The molecule has 0 aromatic rings. The summed E-state index contributed by atoms with van der Waals surface area (Å²) in [6.45, 7) is 2.75. The molecule has 1 nitrogen and oxygen atoms in total. The highest BCUT2D eigenvalue weighted by atomic mass is 19.3. The number of hydrogen-bond acceptors (Lipinski definition) is 1. The molecule has 0 aliphatic heterocycles. The van der Waals surface area contributed by atoms with Gasteiger partial charge in [0.25, 0.3) is 5.92 Å². The summed E-state index contributed by atoms with van der Waals surface area (Å²) >= 11 is 0. The fourth-order valence-corrected chi connectivity index (χ4v) is 0.753. The lowest BCUT2D eigenvalue weighted by Crippen LogP contribution is -2.25. The number of halogens is 2. The van der Waals surface area contributed by atoms with Gasteiger partial charge in [-0.15, -0.1) is 0 Å². The Bertz CT molecular complexity index is 93.6. The largest absolute Gasteiger partial charge is 0.396 e. The first-order valence-electron chi connectivity index (χ1n) is 3.53. The van der Waals surface area contributed by atoms with Crippen molar-refractivity contribution in [3.8, 4) is 0 Å². The molecular formula is C7H14F2O. The third-order valence-electron chi connectivity index (χ3n) is 1.75. The average molecular weight is 152 g/mol. The van der Waals surface area contributed by atoms with Gasteiger partial charge in [-0.3, -0.25) is 0 Å². The molecule has 0 heterocycles. The van der Waals surface area contributed by atoms with Crippen molar-refractivity contribution in [2.75, 3.05) is 6.61 Å². The molecule has 0 aliphatic carbocycles. The predicted octanol–water partition coefficient (Wildman–Crippen LogP) is 2.05. The monoisotopic (exact) mass is 152 g/mol. The Morgan fingerprint density at radius 1 is 1.50 bits per heavy atom. The number of aliphatic hydroxyl groups excluding tert-OH is 1. The Balaban J connectivity index is 3.78. The van der Waals surface area contributed by atoms with Gasteiger partial charge in [-0.05, 0) is 6.42 Å². The highest BCUT2D eigenvalue weighted by Gasteiger charge is 2.33. The van der Waals surface area contributed by atoms with Crippen LogP contribution < -0.4 is 0 Å². The molecule has 0 saturated heterocycles. The third-order valence-corrected chi connectivity index (χ3v) is 1.75. The van der Waals surface area contributed by atoms with Crippen LogP contribution in [0.2, 0.25) is 0 Å². The summed E-state index contributed by atoms with van der Waals surface area (Å²) in [6.07, 6.45) is 0.0367. The van der Waals surface area contributed by atoms with E-state index in [1.807, 2.05) is 0 Å². The molecule has 0 bridgehead atoms. The van der Waals surface area contributed by atoms with Crippen molar-refractivity contribution < 1.29 is 13.9 Å². The number of rotatable bonds is 4. The standard InChI is InChI=1S/C7H14F2O/c1-3-7(8,9)6(2)4-5-10/h6,10H,3-5H2,1-2H3/t6-/m1/s1. The first-order valence-corrected chi connectivity index (χ1v) is 3.53. The minimum absolute atomic E-state index is 0.145. The molecule has 0 aliphatic rings. The quantitative estimate of drug-likeness (QED) is 0.653. The Hall–Kier alpha value is -0.180. The van der Waals surface area contributed by atoms with E-state index in [1.54, 1.807) is 0 Å². The topological polar surface area (TPSA) is 20.2 Å². The Morgan fingerprint density at radius 3 is 2.30 bits per heavy atom. The molecule has 3 heteroatoms. The van der Waals surface area contributed by atoms with E-state index < -0.39 is 11.8 Å². The minimum atomic E-state index is -2.61. The highest BCUT2D eigenvalue weighted by molar-refractivity contribution is 4.71. The van der Waals surface area contributed by atoms with Gasteiger partial charge in [-0.2, -0.15) is 0 Å². The molecular weight excluding hydrogens is 138 g/mol. The smallest absolute Gasteiger partial charge is 0.250 e. The maximum absolute atomic E-state index is 12.6. The second-order valence-corrected chi connectivity index (χ2v) is 2.53. The van der Waals surface area contributed by atoms with Gasteiger partial charge in [0, 0.05) is 18.9 Å². The second-order valence-electron chi connectivity index (χ2n) is 2.53. The van der Waals surface area contributed by atoms with Gasteiger partial charge < -0.3 is 5.11 Å². The zero-order chi connectivity index (χ0) is 8.20. The van der Waals surface area contributed by atoms with Crippen LogP contribution in [0.15, 0.2) is 0 Å². The predicted molar refractivity (Wildman–Crippen MR) is 36.1 cm³/mol. The maximum atomic E-state index is 12.6. The fraction of sp³-hybridized carbons (Fsp3) is 1.00. The van der Waals surface area contributed by atoms with Crippen molar-refractivity contribution in [3.05, 3.63) is 0 Å². The maximum Gasteiger partial charge on any atom is 0.250 e. The van der Waals surface area contributed by atoms with Crippen molar-refractivity contribution in [3.63, 3.8) is 0 Å². The van der Waals surface area contributed by atoms with E-state index in [-0.39, 0.29) is 19.4 Å². The van der Waals surface area contributed by atoms with E-state index in [4.69, 9.17) is 5.11 Å². The summed E-state index contributed by atoms with van der Waals surface area (Å²) in [5.74, 6) is -3.31. The molecule has 0 rings (SSSR count). The zero-order valence-corrected chi connectivity index (χ0v) is 6.40. The van der Waals surface area contributed by atoms with Gasteiger partial charge in [0.2, 0.25) is 0 Å². The molecule has 0 aromatic heterocycles. The third kappa shape index (κ3) is 2.60. The zero-order valence-electron chi connectivity index (χ0n) is 6.40. The lowest BCUT2D eigenvalue weighted by molar-refractivity contribution is -0.0613. The summed E-state index contributed by atoms with van der Waals surface area (Å²) in [6, 6.07) is 0. The van der Waals surface area contributed by atoms with Crippen molar-refractivity contribution in [1.29, 1.82) is 0 Å². The van der Waals surface area contributed by atoms with Gasteiger partial charge in [0.05, 0.1) is 0 Å². The van der Waals surface area contributed by atoms with Crippen molar-refractivity contribution in [1.82, 2.24) is 0 Å². The number of aliphatic hydroxyl groups is 1. The van der Waals surface area contributed by atoms with E-state index in [0.717, 1.165) is 0 Å². The van der Waals surface area contributed by atoms with Crippen molar-refractivity contribution in [2.24, 2.45) is 5.92 Å². The first-order chi connectivity index (χ1) is 4.54. The van der Waals surface area contributed by atoms with Crippen LogP contribution in [0.3, 0.4) is 0 Å². The summed E-state index contributed by atoms with van der Waals surface area (Å²) in [5.41, 5.74) is 0. The Kier molecular flexibility index (Phi) is 3.79. The molecule has 0 unspecified atom stereocenters. The van der Waals surface area contributed by atoms with Crippen molar-refractivity contribution in [2.45, 2.75) is 32.6 Å². The van der Waals surface area contributed by atoms with Gasteiger partial charge in [0.15, 0.2) is 0 Å². The highest BCUT2D eigenvalue weighted by Crippen LogP contribution is 2.29. The summed E-state index contributed by atoms with van der Waals surface area (Å²) in [4.78, 5) is 0. The van der Waals surface area contributed by atoms with Gasteiger partial charge in [0.1, 0.15) is 0 Å². The molecule has 62 valence electrons. The summed E-state index contributed by atoms with van der Waals surface area (Å²) in [5, 5.41) is 8.36. The molecule has 1 atom stereocenters. The van der Waals surface area contributed by atoms with Crippen LogP contribution in [0.25, 0.3) is 0 Å². The summed E-state index contributed by atoms with van der Waals surface area (Å²) < 4.78 is 25.2. The minimum Gasteiger partial charge on any atom is -0.396 e. The van der Waals surface area contributed by atoms with Crippen molar-refractivity contribution >= 4 is 0 Å². The average Bonchev–Trinajstić information content (AvgIpc) is 1.89.